The molecule has 0 saturated carbocycles. The van der Waals surface area contributed by atoms with Crippen LogP contribution in [0.5, 0.6) is 5.88 Å². The quantitative estimate of drug-likeness (QED) is 0.305. The maximum atomic E-state index is 5.62. The SMILES string of the molecule is CCC(Nc1ncnc2nc[nH]c12)c1cc(-c2cnc3n[nH]c(-c4cccnc4)c3c2)cnc1OC. The summed E-state index contributed by atoms with van der Waals surface area (Å²) in [6.07, 6.45) is 11.0. The predicted octanol–water partition coefficient (Wildman–Crippen LogP) is 4.32. The minimum Gasteiger partial charge on any atom is -0.481 e. The van der Waals surface area contributed by atoms with Gasteiger partial charge < -0.3 is 15.0 Å². The smallest absolute Gasteiger partial charge is 0.218 e. The van der Waals surface area contributed by atoms with Gasteiger partial charge in [0, 0.05) is 52.4 Å². The van der Waals surface area contributed by atoms with Crippen molar-refractivity contribution in [2.45, 2.75) is 19.4 Å². The van der Waals surface area contributed by atoms with Gasteiger partial charge in [0.1, 0.15) is 11.8 Å². The molecule has 0 bridgehead atoms. The van der Waals surface area contributed by atoms with Crippen LogP contribution in [0.15, 0.2) is 61.7 Å². The summed E-state index contributed by atoms with van der Waals surface area (Å²) in [7, 11) is 1.62. The Bertz CT molecular complexity index is 1660. The van der Waals surface area contributed by atoms with Crippen molar-refractivity contribution in [3.8, 4) is 28.3 Å². The van der Waals surface area contributed by atoms with Crippen LogP contribution in [0.4, 0.5) is 5.82 Å². The van der Waals surface area contributed by atoms with Crippen LogP contribution in [0, 0.1) is 0 Å². The van der Waals surface area contributed by atoms with Gasteiger partial charge >= 0.3 is 0 Å². The number of hydrogen-bond donors (Lipinski definition) is 3. The average Bonchev–Trinajstić information content (AvgIpc) is 3.59. The van der Waals surface area contributed by atoms with Crippen molar-refractivity contribution in [1.82, 2.24) is 45.1 Å². The van der Waals surface area contributed by atoms with Crippen LogP contribution < -0.4 is 10.1 Å². The molecule has 0 aliphatic rings. The van der Waals surface area contributed by atoms with Crippen molar-refractivity contribution in [1.29, 1.82) is 0 Å². The van der Waals surface area contributed by atoms with E-state index >= 15 is 0 Å². The van der Waals surface area contributed by atoms with Crippen molar-refractivity contribution >= 4 is 28.0 Å². The zero-order valence-corrected chi connectivity index (χ0v) is 19.6. The van der Waals surface area contributed by atoms with Crippen LogP contribution in [-0.4, -0.2) is 52.2 Å². The van der Waals surface area contributed by atoms with E-state index in [0.29, 0.717) is 23.0 Å². The van der Waals surface area contributed by atoms with E-state index in [1.54, 1.807) is 38.2 Å². The number of rotatable bonds is 7. The highest BCUT2D eigenvalue weighted by molar-refractivity contribution is 5.93. The summed E-state index contributed by atoms with van der Waals surface area (Å²) >= 11 is 0. The zero-order chi connectivity index (χ0) is 24.5. The standard InChI is InChI=1S/C25H22N10O/c1-3-19(33-24-21-23(30-12-29-21)31-13-32-24)17-7-15(11-28-25(17)36-2)16-8-18-20(14-5-4-6-26-9-14)34-35-22(18)27-10-16/h4-13,19H,3H2,1-2H3,(H,27,34,35)(H2,29,30,31,32,33). The van der Waals surface area contributed by atoms with Crippen molar-refractivity contribution < 1.29 is 4.74 Å². The van der Waals surface area contributed by atoms with Gasteiger partial charge in [-0.1, -0.05) is 6.92 Å². The third kappa shape index (κ3) is 3.76. The number of methoxy groups -OCH3 is 1. The monoisotopic (exact) mass is 478 g/mol. The first-order valence-corrected chi connectivity index (χ1v) is 11.4. The number of imidazole rings is 1. The fourth-order valence-electron chi connectivity index (χ4n) is 4.27. The first-order chi connectivity index (χ1) is 17.7. The lowest BCUT2D eigenvalue weighted by Gasteiger charge is -2.21. The first-order valence-electron chi connectivity index (χ1n) is 11.4. The lowest BCUT2D eigenvalue weighted by atomic mass is 10.00. The molecule has 6 aromatic heterocycles. The highest BCUT2D eigenvalue weighted by Crippen LogP contribution is 2.34. The summed E-state index contributed by atoms with van der Waals surface area (Å²) in [5, 5.41) is 11.9. The van der Waals surface area contributed by atoms with E-state index in [-0.39, 0.29) is 6.04 Å². The van der Waals surface area contributed by atoms with Crippen molar-refractivity contribution in [2.24, 2.45) is 0 Å². The summed E-state index contributed by atoms with van der Waals surface area (Å²) in [6.45, 7) is 2.09. The molecular formula is C25H22N10O. The van der Waals surface area contributed by atoms with E-state index in [1.807, 2.05) is 12.1 Å². The fourth-order valence-corrected chi connectivity index (χ4v) is 4.27. The molecular weight excluding hydrogens is 456 g/mol. The summed E-state index contributed by atoms with van der Waals surface area (Å²) in [6, 6.07) is 7.90. The Hall–Kier alpha value is -4.93. The Balaban J connectivity index is 1.41. The highest BCUT2D eigenvalue weighted by atomic mass is 16.5. The van der Waals surface area contributed by atoms with Gasteiger partial charge in [-0.2, -0.15) is 5.10 Å². The van der Waals surface area contributed by atoms with Gasteiger partial charge in [0.25, 0.3) is 0 Å². The molecule has 36 heavy (non-hydrogen) atoms. The first kappa shape index (κ1) is 21.6. The van der Waals surface area contributed by atoms with Gasteiger partial charge in [0.05, 0.1) is 25.2 Å². The largest absolute Gasteiger partial charge is 0.481 e. The molecule has 6 heterocycles. The summed E-state index contributed by atoms with van der Waals surface area (Å²) in [5.74, 6) is 1.21. The van der Waals surface area contributed by atoms with E-state index in [1.165, 1.54) is 6.33 Å². The van der Waals surface area contributed by atoms with E-state index in [2.05, 4.69) is 69.5 Å². The molecule has 1 atom stereocenters. The number of aromatic nitrogens is 9. The van der Waals surface area contributed by atoms with Crippen molar-refractivity contribution in [3.63, 3.8) is 0 Å². The third-order valence-corrected chi connectivity index (χ3v) is 6.08. The topological polar surface area (TPSA) is 143 Å². The van der Waals surface area contributed by atoms with Gasteiger partial charge in [0.2, 0.25) is 5.88 Å². The number of nitrogens with one attached hydrogen (secondary N) is 3. The highest BCUT2D eigenvalue weighted by Gasteiger charge is 2.20. The number of fused-ring (bicyclic) bond motifs is 2. The normalized spacial score (nSPS) is 12.2. The van der Waals surface area contributed by atoms with Crippen LogP contribution >= 0.6 is 0 Å². The third-order valence-electron chi connectivity index (χ3n) is 6.08. The lowest BCUT2D eigenvalue weighted by Crippen LogP contribution is -2.13. The second-order valence-corrected chi connectivity index (χ2v) is 8.19. The molecule has 3 N–H and O–H groups in total. The Morgan fingerprint density at radius 3 is 2.69 bits per heavy atom. The molecule has 1 unspecified atom stereocenters. The van der Waals surface area contributed by atoms with Crippen LogP contribution in [0.25, 0.3) is 44.6 Å². The number of nitrogens with zero attached hydrogens (tertiary/aromatic N) is 7. The van der Waals surface area contributed by atoms with E-state index in [0.717, 1.165) is 45.3 Å². The Kier molecular flexibility index (Phi) is 5.41. The maximum Gasteiger partial charge on any atom is 0.218 e. The molecule has 11 nitrogen and oxygen atoms in total. The molecule has 0 radical (unpaired) electrons. The van der Waals surface area contributed by atoms with Gasteiger partial charge in [-0.05, 0) is 30.7 Å². The van der Waals surface area contributed by atoms with Gasteiger partial charge in [-0.3, -0.25) is 10.1 Å². The minimum atomic E-state index is -0.120. The van der Waals surface area contributed by atoms with Crippen LogP contribution in [0.3, 0.4) is 0 Å². The molecule has 0 aromatic carbocycles. The summed E-state index contributed by atoms with van der Waals surface area (Å²) < 4.78 is 5.62. The molecule has 178 valence electrons. The van der Waals surface area contributed by atoms with E-state index in [4.69, 9.17) is 4.74 Å². The van der Waals surface area contributed by atoms with Gasteiger partial charge in [-0.15, -0.1) is 0 Å². The molecule has 6 aromatic rings. The molecule has 0 aliphatic heterocycles. The second-order valence-electron chi connectivity index (χ2n) is 8.19. The van der Waals surface area contributed by atoms with Gasteiger partial charge in [0.15, 0.2) is 17.1 Å². The lowest BCUT2D eigenvalue weighted by molar-refractivity contribution is 0.389. The van der Waals surface area contributed by atoms with Crippen LogP contribution in [-0.2, 0) is 0 Å². The van der Waals surface area contributed by atoms with E-state index in [9.17, 15) is 0 Å². The minimum absolute atomic E-state index is 0.120. The molecule has 0 aliphatic carbocycles. The molecule has 0 saturated heterocycles. The Morgan fingerprint density at radius 2 is 1.86 bits per heavy atom. The summed E-state index contributed by atoms with van der Waals surface area (Å²) in [5.41, 5.74) is 6.53. The number of pyridine rings is 3. The van der Waals surface area contributed by atoms with Crippen molar-refractivity contribution in [2.75, 3.05) is 12.4 Å². The molecule has 0 amide bonds. The maximum absolute atomic E-state index is 5.62. The number of hydrogen-bond acceptors (Lipinski definition) is 9. The number of anilines is 1. The predicted molar refractivity (Wildman–Crippen MR) is 135 cm³/mol. The Labute approximate surface area is 205 Å². The van der Waals surface area contributed by atoms with Crippen molar-refractivity contribution in [3.05, 3.63) is 67.3 Å². The number of H-pyrrole nitrogens is 2. The van der Waals surface area contributed by atoms with Crippen LogP contribution in [0.2, 0.25) is 0 Å². The van der Waals surface area contributed by atoms with Crippen LogP contribution in [0.1, 0.15) is 24.9 Å². The van der Waals surface area contributed by atoms with Gasteiger partial charge in [-0.25, -0.2) is 24.9 Å². The molecule has 0 spiro atoms. The fraction of sp³-hybridized carbons (Fsp3) is 0.160. The zero-order valence-electron chi connectivity index (χ0n) is 19.6. The number of ether oxygens (including phenoxy) is 1. The van der Waals surface area contributed by atoms with E-state index < -0.39 is 0 Å². The Morgan fingerprint density at radius 1 is 0.972 bits per heavy atom. The number of aromatic amines is 2. The average molecular weight is 479 g/mol. The molecule has 0 fully saturated rings. The summed E-state index contributed by atoms with van der Waals surface area (Å²) in [4.78, 5) is 29.3. The molecule has 6 rings (SSSR count). The molecule has 11 heteroatoms. The second kappa shape index (κ2) is 9.02.